The summed E-state index contributed by atoms with van der Waals surface area (Å²) in [5.74, 6) is -0.0750. The van der Waals surface area contributed by atoms with Crippen molar-refractivity contribution in [2.75, 3.05) is 29.9 Å². The van der Waals surface area contributed by atoms with Crippen LogP contribution in [0.5, 0.6) is 0 Å². The van der Waals surface area contributed by atoms with E-state index in [0.717, 1.165) is 50.3 Å². The van der Waals surface area contributed by atoms with E-state index in [4.69, 9.17) is 0 Å². The first kappa shape index (κ1) is 18.7. The predicted octanol–water partition coefficient (Wildman–Crippen LogP) is 2.26. The zero-order valence-electron chi connectivity index (χ0n) is 15.6. The fourth-order valence-electron chi connectivity index (χ4n) is 3.72. The van der Waals surface area contributed by atoms with Crippen LogP contribution >= 0.6 is 0 Å². The van der Waals surface area contributed by atoms with E-state index in [1.165, 1.54) is 12.8 Å². The van der Waals surface area contributed by atoms with Crippen LogP contribution in [-0.4, -0.2) is 43.5 Å². The van der Waals surface area contributed by atoms with Crippen molar-refractivity contribution in [1.29, 1.82) is 0 Å². The van der Waals surface area contributed by atoms with Crippen LogP contribution in [0.3, 0.4) is 0 Å². The highest BCUT2D eigenvalue weighted by molar-refractivity contribution is 5.92. The first-order valence-electron chi connectivity index (χ1n) is 9.80. The van der Waals surface area contributed by atoms with Crippen LogP contribution in [0.4, 0.5) is 11.4 Å². The number of piperidine rings is 1. The zero-order valence-corrected chi connectivity index (χ0v) is 15.6. The maximum Gasteiger partial charge on any atom is 0.237 e. The van der Waals surface area contributed by atoms with Gasteiger partial charge in [0.25, 0.3) is 0 Å². The number of carbonyl (C=O) groups is 2. The minimum Gasteiger partial charge on any atom is -0.371 e. The second-order valence-corrected chi connectivity index (χ2v) is 7.41. The minimum absolute atomic E-state index is 0.000954. The molecule has 2 aliphatic rings. The Bertz CT molecular complexity index is 622. The van der Waals surface area contributed by atoms with Crippen LogP contribution in [0.2, 0.25) is 0 Å². The summed E-state index contributed by atoms with van der Waals surface area (Å²) in [5, 5.41) is 9.14. The summed E-state index contributed by atoms with van der Waals surface area (Å²) >= 11 is 0. The van der Waals surface area contributed by atoms with Gasteiger partial charge in [0.05, 0.1) is 6.04 Å². The van der Waals surface area contributed by atoms with Crippen molar-refractivity contribution < 1.29 is 9.59 Å². The summed E-state index contributed by atoms with van der Waals surface area (Å²) in [5.41, 5.74) is 1.97. The maximum atomic E-state index is 12.3. The van der Waals surface area contributed by atoms with Gasteiger partial charge in [-0.25, -0.2) is 0 Å². The molecule has 0 aromatic heterocycles. The summed E-state index contributed by atoms with van der Waals surface area (Å²) in [7, 11) is 0. The second-order valence-electron chi connectivity index (χ2n) is 7.41. The van der Waals surface area contributed by atoms with Gasteiger partial charge in [-0.2, -0.15) is 0 Å². The van der Waals surface area contributed by atoms with E-state index >= 15 is 0 Å². The van der Waals surface area contributed by atoms with Gasteiger partial charge < -0.3 is 20.9 Å². The second kappa shape index (κ2) is 9.03. The molecule has 142 valence electrons. The number of nitrogens with zero attached hydrogens (tertiary/aromatic N) is 1. The molecule has 1 unspecified atom stereocenters. The fourth-order valence-corrected chi connectivity index (χ4v) is 3.72. The molecule has 2 atom stereocenters. The smallest absolute Gasteiger partial charge is 0.237 e. The van der Waals surface area contributed by atoms with Crippen LogP contribution in [0.15, 0.2) is 24.3 Å². The minimum atomic E-state index is -0.187. The van der Waals surface area contributed by atoms with Crippen molar-refractivity contribution in [2.24, 2.45) is 0 Å². The Morgan fingerprint density at radius 3 is 2.77 bits per heavy atom. The van der Waals surface area contributed by atoms with Crippen LogP contribution < -0.4 is 20.9 Å². The third-order valence-corrected chi connectivity index (χ3v) is 5.11. The van der Waals surface area contributed by atoms with Crippen molar-refractivity contribution in [3.63, 3.8) is 0 Å². The Morgan fingerprint density at radius 1 is 1.23 bits per heavy atom. The van der Waals surface area contributed by atoms with Gasteiger partial charge in [-0.3, -0.25) is 9.59 Å². The molecule has 2 saturated heterocycles. The predicted molar refractivity (Wildman–Crippen MR) is 104 cm³/mol. The SMILES string of the molecule is CC(CC(=O)Nc1cccc(N2CCCC2)c1)NC(=O)[C@H]1CCCCN1. The first-order valence-corrected chi connectivity index (χ1v) is 9.80. The molecule has 2 aliphatic heterocycles. The lowest BCUT2D eigenvalue weighted by atomic mass is 10.0. The normalized spacial score (nSPS) is 21.3. The molecule has 0 saturated carbocycles. The molecule has 3 rings (SSSR count). The highest BCUT2D eigenvalue weighted by Gasteiger charge is 2.22. The van der Waals surface area contributed by atoms with Crippen LogP contribution in [0.1, 0.15) is 45.4 Å². The number of nitrogens with one attached hydrogen (secondary N) is 3. The van der Waals surface area contributed by atoms with Crippen LogP contribution in [-0.2, 0) is 9.59 Å². The molecule has 2 heterocycles. The number of hydrogen-bond donors (Lipinski definition) is 3. The molecule has 1 aromatic rings. The molecular weight excluding hydrogens is 328 g/mol. The Kier molecular flexibility index (Phi) is 6.50. The van der Waals surface area contributed by atoms with E-state index in [9.17, 15) is 9.59 Å². The van der Waals surface area contributed by atoms with Gasteiger partial charge in [0, 0.05) is 36.9 Å². The molecule has 0 spiro atoms. The standard InChI is InChI=1S/C20H30N4O2/c1-15(22-20(26)18-9-2-3-10-21-18)13-19(25)23-16-7-6-8-17(14-16)24-11-4-5-12-24/h6-8,14-15,18,21H,2-5,9-13H2,1H3,(H,22,26)(H,23,25)/t15?,18-/m1/s1. The largest absolute Gasteiger partial charge is 0.371 e. The average molecular weight is 358 g/mol. The molecule has 6 heteroatoms. The Hall–Kier alpha value is -2.08. The number of carbonyl (C=O) groups excluding carboxylic acids is 2. The molecule has 0 aliphatic carbocycles. The van der Waals surface area contributed by atoms with Crippen molar-refractivity contribution in [2.45, 2.75) is 57.5 Å². The van der Waals surface area contributed by atoms with E-state index in [2.05, 4.69) is 26.9 Å². The quantitative estimate of drug-likeness (QED) is 0.729. The first-order chi connectivity index (χ1) is 12.6. The Morgan fingerprint density at radius 2 is 2.04 bits per heavy atom. The molecule has 0 radical (unpaired) electrons. The van der Waals surface area contributed by atoms with E-state index in [1.54, 1.807) is 0 Å². The highest BCUT2D eigenvalue weighted by atomic mass is 16.2. The average Bonchev–Trinajstić information content (AvgIpc) is 3.17. The number of benzene rings is 1. The summed E-state index contributed by atoms with van der Waals surface area (Å²) in [6.07, 6.45) is 5.79. The van der Waals surface area contributed by atoms with Gasteiger partial charge in [0.1, 0.15) is 0 Å². The van der Waals surface area contributed by atoms with Gasteiger partial charge in [0.2, 0.25) is 11.8 Å². The van der Waals surface area contributed by atoms with E-state index in [-0.39, 0.29) is 30.3 Å². The summed E-state index contributed by atoms with van der Waals surface area (Å²) < 4.78 is 0. The third-order valence-electron chi connectivity index (χ3n) is 5.11. The summed E-state index contributed by atoms with van der Waals surface area (Å²) in [4.78, 5) is 26.9. The molecular formula is C20H30N4O2. The Labute approximate surface area is 155 Å². The third kappa shape index (κ3) is 5.21. The maximum absolute atomic E-state index is 12.3. The van der Waals surface area contributed by atoms with Gasteiger partial charge in [0.15, 0.2) is 0 Å². The molecule has 26 heavy (non-hydrogen) atoms. The van der Waals surface area contributed by atoms with Crippen molar-refractivity contribution in [3.8, 4) is 0 Å². The van der Waals surface area contributed by atoms with E-state index < -0.39 is 0 Å². The van der Waals surface area contributed by atoms with Crippen molar-refractivity contribution >= 4 is 23.2 Å². The molecule has 3 N–H and O–H groups in total. The lowest BCUT2D eigenvalue weighted by Gasteiger charge is -2.24. The van der Waals surface area contributed by atoms with Gasteiger partial charge in [-0.15, -0.1) is 0 Å². The number of amides is 2. The number of hydrogen-bond acceptors (Lipinski definition) is 4. The molecule has 2 amide bonds. The summed E-state index contributed by atoms with van der Waals surface area (Å²) in [6, 6.07) is 7.69. The van der Waals surface area contributed by atoms with Gasteiger partial charge in [-0.05, 0) is 57.4 Å². The number of rotatable bonds is 6. The van der Waals surface area contributed by atoms with Crippen molar-refractivity contribution in [1.82, 2.24) is 10.6 Å². The number of anilines is 2. The zero-order chi connectivity index (χ0) is 18.4. The molecule has 0 bridgehead atoms. The lowest BCUT2D eigenvalue weighted by Crippen LogP contribution is -2.49. The highest BCUT2D eigenvalue weighted by Crippen LogP contribution is 2.23. The lowest BCUT2D eigenvalue weighted by molar-refractivity contribution is -0.124. The van der Waals surface area contributed by atoms with E-state index in [1.807, 2.05) is 25.1 Å². The Balaban J connectivity index is 1.47. The summed E-state index contributed by atoms with van der Waals surface area (Å²) in [6.45, 7) is 4.92. The molecule has 2 fully saturated rings. The van der Waals surface area contributed by atoms with Gasteiger partial charge in [-0.1, -0.05) is 12.5 Å². The van der Waals surface area contributed by atoms with Crippen LogP contribution in [0, 0.1) is 0 Å². The fraction of sp³-hybridized carbons (Fsp3) is 0.600. The molecule has 1 aromatic carbocycles. The van der Waals surface area contributed by atoms with Crippen molar-refractivity contribution in [3.05, 3.63) is 24.3 Å². The van der Waals surface area contributed by atoms with Gasteiger partial charge >= 0.3 is 0 Å². The monoisotopic (exact) mass is 358 g/mol. The van der Waals surface area contributed by atoms with E-state index in [0.29, 0.717) is 0 Å². The molecule has 6 nitrogen and oxygen atoms in total. The van der Waals surface area contributed by atoms with Crippen LogP contribution in [0.25, 0.3) is 0 Å². The topological polar surface area (TPSA) is 73.5 Å².